The van der Waals surface area contributed by atoms with Gasteiger partial charge in [-0.2, -0.15) is 5.26 Å². The van der Waals surface area contributed by atoms with Gasteiger partial charge in [0, 0.05) is 67.4 Å². The second kappa shape index (κ2) is 17.5. The average molecular weight is 760 g/mol. The molecule has 3 aliphatic rings. The lowest BCUT2D eigenvalue weighted by Gasteiger charge is -2.29. The second-order valence-electron chi connectivity index (χ2n) is 14.2. The first-order chi connectivity index (χ1) is 25.9. The van der Waals surface area contributed by atoms with E-state index >= 15 is 0 Å². The number of nitrogens with zero attached hydrogens (tertiary/aromatic N) is 3. The standard InChI is InChI=1S/C42H45Cl2FN4O4/c43-35-19-29(24-48-36-9-1-2-10-37(36)50)40(52-26-28-18-27(21-46)22-47-23-28)20-41(35)53-38-13-12-32-31(6-3-7-33(32)38)34-8-4-11-39(42(34)44)51-17-5-15-49-16-14-30(45)25-49/h3-4,6-8,11,18-20,22-23,30,36-38,48,50H,1-2,5,9-10,12-17,24-26H2/t30-,36+,37-,38-/m0/s1. The fraction of sp³-hybridized carbons (Fsp3) is 0.429. The topological polar surface area (TPSA) is 99.9 Å². The summed E-state index contributed by atoms with van der Waals surface area (Å²) < 4.78 is 32.7. The molecule has 2 fully saturated rings. The Kier molecular flexibility index (Phi) is 12.3. The molecule has 2 N–H and O–H groups in total. The van der Waals surface area contributed by atoms with Crippen molar-refractivity contribution in [1.82, 2.24) is 15.2 Å². The van der Waals surface area contributed by atoms with Crippen molar-refractivity contribution in [3.63, 3.8) is 0 Å². The van der Waals surface area contributed by atoms with Crippen LogP contribution in [0.15, 0.2) is 67.0 Å². The Balaban J connectivity index is 1.08. The summed E-state index contributed by atoms with van der Waals surface area (Å²) in [4.78, 5) is 6.32. The van der Waals surface area contributed by atoms with Crippen molar-refractivity contribution in [3.8, 4) is 34.4 Å². The third-order valence-electron chi connectivity index (χ3n) is 10.5. The Bertz CT molecular complexity index is 1940. The molecule has 0 bridgehead atoms. The van der Waals surface area contributed by atoms with Crippen LogP contribution in [0.4, 0.5) is 4.39 Å². The van der Waals surface area contributed by atoms with Crippen LogP contribution in [0.3, 0.4) is 0 Å². The molecule has 0 unspecified atom stereocenters. The van der Waals surface area contributed by atoms with E-state index in [0.717, 1.165) is 85.9 Å². The maximum absolute atomic E-state index is 13.5. The minimum atomic E-state index is -0.721. The molecule has 1 saturated heterocycles. The molecule has 278 valence electrons. The van der Waals surface area contributed by atoms with Crippen LogP contribution < -0.4 is 19.5 Å². The molecule has 2 heterocycles. The number of alkyl halides is 1. The molecule has 53 heavy (non-hydrogen) atoms. The number of hydrogen-bond donors (Lipinski definition) is 2. The third kappa shape index (κ3) is 9.08. The largest absolute Gasteiger partial charge is 0.492 e. The molecular weight excluding hydrogens is 714 g/mol. The van der Waals surface area contributed by atoms with Gasteiger partial charge in [-0.3, -0.25) is 4.98 Å². The fourth-order valence-electron chi connectivity index (χ4n) is 7.75. The Hall–Kier alpha value is -3.91. The van der Waals surface area contributed by atoms with Gasteiger partial charge in [0.25, 0.3) is 0 Å². The molecular formula is C42H45Cl2FN4O4. The van der Waals surface area contributed by atoms with Crippen LogP contribution in [0.2, 0.25) is 10.0 Å². The van der Waals surface area contributed by atoms with Crippen LogP contribution in [-0.2, 0) is 19.6 Å². The van der Waals surface area contributed by atoms with Crippen molar-refractivity contribution in [1.29, 1.82) is 5.26 Å². The van der Waals surface area contributed by atoms with Crippen LogP contribution in [0.25, 0.3) is 11.1 Å². The zero-order chi connectivity index (χ0) is 36.7. The molecule has 4 atom stereocenters. The normalized spacial score (nSPS) is 21.3. The number of aromatic nitrogens is 1. The monoisotopic (exact) mass is 758 g/mol. The molecule has 2 aliphatic carbocycles. The highest BCUT2D eigenvalue weighted by Crippen LogP contribution is 2.45. The highest BCUT2D eigenvalue weighted by Gasteiger charge is 2.29. The molecule has 1 saturated carbocycles. The molecule has 4 aromatic rings. The number of nitrogens with one attached hydrogen (secondary N) is 1. The van der Waals surface area contributed by atoms with E-state index in [1.165, 1.54) is 11.8 Å². The predicted octanol–water partition coefficient (Wildman–Crippen LogP) is 8.78. The number of nitriles is 1. The smallest absolute Gasteiger partial charge is 0.142 e. The van der Waals surface area contributed by atoms with Crippen molar-refractivity contribution >= 4 is 23.2 Å². The molecule has 1 aromatic heterocycles. The summed E-state index contributed by atoms with van der Waals surface area (Å²) >= 11 is 13.9. The molecule has 8 nitrogen and oxygen atoms in total. The van der Waals surface area contributed by atoms with Crippen LogP contribution in [-0.4, -0.2) is 59.5 Å². The van der Waals surface area contributed by atoms with Gasteiger partial charge in [-0.1, -0.05) is 66.4 Å². The lowest BCUT2D eigenvalue weighted by atomic mass is 9.92. The first-order valence-electron chi connectivity index (χ1n) is 18.6. The molecule has 7 rings (SSSR count). The minimum Gasteiger partial charge on any atom is -0.492 e. The summed E-state index contributed by atoms with van der Waals surface area (Å²) in [6, 6.07) is 19.7. The highest BCUT2D eigenvalue weighted by molar-refractivity contribution is 6.35. The number of rotatable bonds is 14. The second-order valence-corrected chi connectivity index (χ2v) is 15.0. The van der Waals surface area contributed by atoms with Gasteiger partial charge in [0.1, 0.15) is 42.2 Å². The lowest BCUT2D eigenvalue weighted by Crippen LogP contribution is -2.41. The van der Waals surface area contributed by atoms with Gasteiger partial charge >= 0.3 is 0 Å². The number of benzene rings is 3. The van der Waals surface area contributed by atoms with Gasteiger partial charge in [0.2, 0.25) is 0 Å². The SMILES string of the molecule is N#Cc1cncc(COc2cc(O[C@H]3CCc4c(-c5cccc(OCCCN6CC[C@H](F)C6)c5Cl)cccc43)c(Cl)cc2CN[C@@H]2CCCC[C@@H]2O)c1. The number of halogens is 3. The van der Waals surface area contributed by atoms with E-state index in [4.69, 9.17) is 37.4 Å². The summed E-state index contributed by atoms with van der Waals surface area (Å²) in [6.45, 7) is 3.29. The number of likely N-dealkylation sites (tertiary alicyclic amines) is 1. The zero-order valence-corrected chi connectivity index (χ0v) is 31.2. The van der Waals surface area contributed by atoms with E-state index in [1.54, 1.807) is 12.3 Å². The maximum Gasteiger partial charge on any atom is 0.142 e. The molecule has 3 aromatic carbocycles. The number of aliphatic hydroxyl groups excluding tert-OH is 1. The average Bonchev–Trinajstić information content (AvgIpc) is 3.79. The van der Waals surface area contributed by atoms with E-state index in [9.17, 15) is 14.8 Å². The van der Waals surface area contributed by atoms with Gasteiger partial charge < -0.3 is 29.5 Å². The first-order valence-corrected chi connectivity index (χ1v) is 19.4. The van der Waals surface area contributed by atoms with Crippen molar-refractivity contribution in [3.05, 3.63) is 105 Å². The van der Waals surface area contributed by atoms with Crippen molar-refractivity contribution < 1.29 is 23.7 Å². The first kappa shape index (κ1) is 37.4. The number of fused-ring (bicyclic) bond motifs is 1. The maximum atomic E-state index is 13.5. The Morgan fingerprint density at radius 1 is 0.962 bits per heavy atom. The number of hydrogen-bond acceptors (Lipinski definition) is 8. The van der Waals surface area contributed by atoms with Gasteiger partial charge in [0.05, 0.1) is 28.3 Å². The quantitative estimate of drug-likeness (QED) is 0.123. The van der Waals surface area contributed by atoms with Crippen molar-refractivity contribution in [2.24, 2.45) is 0 Å². The van der Waals surface area contributed by atoms with E-state index in [1.807, 2.05) is 36.4 Å². The van der Waals surface area contributed by atoms with E-state index in [-0.39, 0.29) is 24.9 Å². The third-order valence-corrected chi connectivity index (χ3v) is 11.2. The number of aliphatic hydroxyl groups is 1. The lowest BCUT2D eigenvalue weighted by molar-refractivity contribution is 0.0901. The highest BCUT2D eigenvalue weighted by atomic mass is 35.5. The minimum absolute atomic E-state index is 0.000648. The fourth-order valence-corrected chi connectivity index (χ4v) is 8.26. The van der Waals surface area contributed by atoms with E-state index < -0.39 is 6.17 Å². The van der Waals surface area contributed by atoms with Crippen LogP contribution in [0, 0.1) is 11.3 Å². The summed E-state index contributed by atoms with van der Waals surface area (Å²) in [5, 5.41) is 24.5. The van der Waals surface area contributed by atoms with Crippen molar-refractivity contribution in [2.45, 2.75) is 88.9 Å². The molecule has 0 radical (unpaired) electrons. The molecule has 0 amide bonds. The van der Waals surface area contributed by atoms with E-state index in [0.29, 0.717) is 59.0 Å². The Morgan fingerprint density at radius 3 is 2.64 bits per heavy atom. The molecule has 0 spiro atoms. The number of pyridine rings is 1. The van der Waals surface area contributed by atoms with Gasteiger partial charge in [-0.05, 0) is 73.4 Å². The summed E-state index contributed by atoms with van der Waals surface area (Å²) in [5.74, 6) is 1.76. The van der Waals surface area contributed by atoms with Gasteiger partial charge in [-0.15, -0.1) is 0 Å². The molecule has 11 heteroatoms. The van der Waals surface area contributed by atoms with Crippen molar-refractivity contribution in [2.75, 3.05) is 26.2 Å². The van der Waals surface area contributed by atoms with Gasteiger partial charge in [0.15, 0.2) is 0 Å². The van der Waals surface area contributed by atoms with Crippen LogP contribution in [0.5, 0.6) is 17.2 Å². The zero-order valence-electron chi connectivity index (χ0n) is 29.7. The predicted molar refractivity (Wildman–Crippen MR) is 204 cm³/mol. The Labute approximate surface area is 320 Å². The van der Waals surface area contributed by atoms with Crippen LogP contribution in [0.1, 0.15) is 78.9 Å². The summed E-state index contributed by atoms with van der Waals surface area (Å²) in [5.41, 5.74) is 6.29. The molecule has 1 aliphatic heterocycles. The Morgan fingerprint density at radius 2 is 1.81 bits per heavy atom. The van der Waals surface area contributed by atoms with Gasteiger partial charge in [-0.25, -0.2) is 4.39 Å². The summed E-state index contributed by atoms with van der Waals surface area (Å²) in [7, 11) is 0. The van der Waals surface area contributed by atoms with E-state index in [2.05, 4.69) is 33.4 Å². The summed E-state index contributed by atoms with van der Waals surface area (Å²) in [6.07, 6.45) is 8.64. The number of ether oxygens (including phenoxy) is 3. The van der Waals surface area contributed by atoms with Crippen LogP contribution >= 0.6 is 23.2 Å².